The maximum Gasteiger partial charge on any atom is 0.338 e. The fourth-order valence-electron chi connectivity index (χ4n) is 6.39. The summed E-state index contributed by atoms with van der Waals surface area (Å²) >= 11 is 0. The molecule has 0 saturated carbocycles. The molecule has 0 N–H and O–H groups in total. The van der Waals surface area contributed by atoms with Crippen molar-refractivity contribution in [3.63, 3.8) is 0 Å². The summed E-state index contributed by atoms with van der Waals surface area (Å²) in [6.07, 6.45) is -0.226. The Labute approximate surface area is 198 Å². The minimum absolute atomic E-state index is 0.163. The molecule has 1 saturated heterocycles. The molecular formula is C29H25NO4. The molecule has 3 aromatic carbocycles. The van der Waals surface area contributed by atoms with Crippen molar-refractivity contribution < 1.29 is 19.1 Å². The number of rotatable bonds is 3. The molecule has 2 atom stereocenters. The molecule has 1 fully saturated rings. The molecule has 5 heteroatoms. The van der Waals surface area contributed by atoms with Crippen molar-refractivity contribution in [1.29, 1.82) is 0 Å². The van der Waals surface area contributed by atoms with E-state index in [0.717, 1.165) is 22.3 Å². The quantitative estimate of drug-likeness (QED) is 0.414. The summed E-state index contributed by atoms with van der Waals surface area (Å²) in [5.74, 6) is -1.60. The van der Waals surface area contributed by atoms with E-state index in [1.54, 1.807) is 38.1 Å². The monoisotopic (exact) mass is 451 g/mol. The van der Waals surface area contributed by atoms with Gasteiger partial charge in [0.05, 0.1) is 28.7 Å². The topological polar surface area (TPSA) is 63.7 Å². The molecule has 3 aliphatic carbocycles. The van der Waals surface area contributed by atoms with E-state index < -0.39 is 17.3 Å². The Morgan fingerprint density at radius 1 is 0.853 bits per heavy atom. The second kappa shape index (κ2) is 7.13. The summed E-state index contributed by atoms with van der Waals surface area (Å²) in [5.41, 5.74) is 4.56. The third-order valence-electron chi connectivity index (χ3n) is 7.72. The average molecular weight is 452 g/mol. The Hall–Kier alpha value is -3.73. The van der Waals surface area contributed by atoms with Crippen molar-refractivity contribution in [2.45, 2.75) is 38.7 Å². The lowest BCUT2D eigenvalue weighted by Crippen LogP contribution is -2.49. The van der Waals surface area contributed by atoms with Gasteiger partial charge in [0.15, 0.2) is 0 Å². The van der Waals surface area contributed by atoms with Crippen LogP contribution in [0.5, 0.6) is 0 Å². The SMILES string of the molecule is CC(C)OC(=O)c1ccc(N2C(=O)C3C4c5ccccc5C(c5ccccc54)C3(C)C2=O)cc1. The average Bonchev–Trinajstić information content (AvgIpc) is 3.04. The van der Waals surface area contributed by atoms with E-state index in [0.29, 0.717) is 11.3 Å². The number of hydrogen-bond acceptors (Lipinski definition) is 4. The van der Waals surface area contributed by atoms with E-state index in [1.807, 2.05) is 31.2 Å². The van der Waals surface area contributed by atoms with Crippen LogP contribution in [0.1, 0.15) is 65.2 Å². The smallest absolute Gasteiger partial charge is 0.338 e. The number of esters is 1. The summed E-state index contributed by atoms with van der Waals surface area (Å²) in [4.78, 5) is 41.6. The van der Waals surface area contributed by atoms with Crippen LogP contribution in [0.3, 0.4) is 0 Å². The Bertz CT molecular complexity index is 1310. The summed E-state index contributed by atoms with van der Waals surface area (Å²) in [6.45, 7) is 5.54. The molecule has 34 heavy (non-hydrogen) atoms. The Morgan fingerprint density at radius 3 is 1.91 bits per heavy atom. The van der Waals surface area contributed by atoms with Gasteiger partial charge >= 0.3 is 5.97 Å². The zero-order valence-electron chi connectivity index (χ0n) is 19.3. The van der Waals surface area contributed by atoms with Crippen LogP contribution >= 0.6 is 0 Å². The van der Waals surface area contributed by atoms with E-state index in [1.165, 1.54) is 4.90 Å². The van der Waals surface area contributed by atoms with E-state index in [9.17, 15) is 14.4 Å². The molecule has 0 radical (unpaired) electrons. The number of anilines is 1. The van der Waals surface area contributed by atoms with Gasteiger partial charge in [0, 0.05) is 11.8 Å². The highest BCUT2D eigenvalue weighted by molar-refractivity contribution is 6.25. The summed E-state index contributed by atoms with van der Waals surface area (Å²) in [7, 11) is 0. The van der Waals surface area contributed by atoms with Crippen molar-refractivity contribution in [3.05, 3.63) is 101 Å². The minimum atomic E-state index is -0.875. The van der Waals surface area contributed by atoms with Gasteiger partial charge in [0.25, 0.3) is 0 Å². The van der Waals surface area contributed by atoms with Gasteiger partial charge in [-0.05, 0) is 67.3 Å². The predicted molar refractivity (Wildman–Crippen MR) is 128 cm³/mol. The zero-order chi connectivity index (χ0) is 23.8. The zero-order valence-corrected chi connectivity index (χ0v) is 19.3. The number of amides is 2. The van der Waals surface area contributed by atoms with Crippen LogP contribution in [0.4, 0.5) is 5.69 Å². The van der Waals surface area contributed by atoms with Crippen molar-refractivity contribution in [2.75, 3.05) is 4.90 Å². The first kappa shape index (κ1) is 20.8. The van der Waals surface area contributed by atoms with E-state index in [-0.39, 0.29) is 29.8 Å². The van der Waals surface area contributed by atoms with Gasteiger partial charge in [-0.1, -0.05) is 48.5 Å². The van der Waals surface area contributed by atoms with Crippen molar-refractivity contribution in [3.8, 4) is 0 Å². The fraction of sp³-hybridized carbons (Fsp3) is 0.276. The maximum absolute atomic E-state index is 14.1. The van der Waals surface area contributed by atoms with E-state index >= 15 is 0 Å². The number of hydrogen-bond donors (Lipinski definition) is 0. The lowest BCUT2D eigenvalue weighted by Gasteiger charge is -2.51. The lowest BCUT2D eigenvalue weighted by molar-refractivity contribution is -0.128. The van der Waals surface area contributed by atoms with Crippen molar-refractivity contribution >= 4 is 23.5 Å². The molecule has 1 heterocycles. The van der Waals surface area contributed by atoms with E-state index in [2.05, 4.69) is 24.3 Å². The van der Waals surface area contributed by atoms with Gasteiger partial charge in [-0.25, -0.2) is 9.69 Å². The van der Waals surface area contributed by atoms with Gasteiger partial charge in [0.1, 0.15) is 0 Å². The molecule has 7 rings (SSSR count). The summed E-state index contributed by atoms with van der Waals surface area (Å²) in [6, 6.07) is 23.0. The minimum Gasteiger partial charge on any atom is -0.459 e. The number of carbonyl (C=O) groups is 3. The number of benzene rings is 3. The van der Waals surface area contributed by atoms with Gasteiger partial charge in [-0.15, -0.1) is 0 Å². The number of nitrogens with zero attached hydrogens (tertiary/aromatic N) is 1. The molecule has 1 aliphatic heterocycles. The molecule has 2 bridgehead atoms. The highest BCUT2D eigenvalue weighted by atomic mass is 16.5. The van der Waals surface area contributed by atoms with Crippen LogP contribution in [0.2, 0.25) is 0 Å². The standard InChI is InChI=1S/C29H25NO4/c1-16(2)34-27(32)17-12-14-18(15-13-17)30-26(31)25-23-19-8-4-6-10-21(19)24(29(25,3)28(30)33)22-11-7-5-9-20(22)23/h4-16,23-25H,1-3H3. The van der Waals surface area contributed by atoms with Crippen LogP contribution in [0, 0.1) is 11.3 Å². The largest absolute Gasteiger partial charge is 0.459 e. The lowest BCUT2D eigenvalue weighted by atomic mass is 9.48. The van der Waals surface area contributed by atoms with Crippen LogP contribution in [-0.4, -0.2) is 23.9 Å². The number of carbonyl (C=O) groups excluding carboxylic acids is 3. The first-order chi connectivity index (χ1) is 16.3. The van der Waals surface area contributed by atoms with Crippen molar-refractivity contribution in [1.82, 2.24) is 0 Å². The second-order valence-electron chi connectivity index (χ2n) is 9.91. The Balaban J connectivity index is 1.45. The van der Waals surface area contributed by atoms with Gasteiger partial charge in [0.2, 0.25) is 11.8 Å². The van der Waals surface area contributed by atoms with Gasteiger partial charge < -0.3 is 4.74 Å². The molecule has 0 spiro atoms. The van der Waals surface area contributed by atoms with Crippen molar-refractivity contribution in [2.24, 2.45) is 11.3 Å². The van der Waals surface area contributed by atoms with Crippen LogP contribution in [-0.2, 0) is 14.3 Å². The molecule has 170 valence electrons. The Kier molecular flexibility index (Phi) is 4.37. The molecule has 2 unspecified atom stereocenters. The molecule has 4 aliphatic rings. The predicted octanol–water partition coefficient (Wildman–Crippen LogP) is 5.04. The van der Waals surface area contributed by atoms with E-state index in [4.69, 9.17) is 4.74 Å². The molecule has 5 nitrogen and oxygen atoms in total. The molecule has 0 aromatic heterocycles. The second-order valence-corrected chi connectivity index (χ2v) is 9.91. The summed E-state index contributed by atoms with van der Waals surface area (Å²) in [5, 5.41) is 0. The van der Waals surface area contributed by atoms with Crippen LogP contribution in [0.25, 0.3) is 0 Å². The third-order valence-corrected chi connectivity index (χ3v) is 7.72. The summed E-state index contributed by atoms with van der Waals surface area (Å²) < 4.78 is 5.26. The normalized spacial score (nSPS) is 26.4. The highest BCUT2D eigenvalue weighted by Gasteiger charge is 2.68. The first-order valence-electron chi connectivity index (χ1n) is 11.7. The molecular weight excluding hydrogens is 426 g/mol. The fourth-order valence-corrected chi connectivity index (χ4v) is 6.39. The number of imide groups is 1. The van der Waals surface area contributed by atoms with Gasteiger partial charge in [-0.3, -0.25) is 9.59 Å². The maximum atomic E-state index is 14.1. The Morgan fingerprint density at radius 2 is 1.38 bits per heavy atom. The molecule has 2 amide bonds. The highest BCUT2D eigenvalue weighted by Crippen LogP contribution is 2.67. The van der Waals surface area contributed by atoms with Gasteiger partial charge in [-0.2, -0.15) is 0 Å². The van der Waals surface area contributed by atoms with Crippen LogP contribution in [0.15, 0.2) is 72.8 Å². The third kappa shape index (κ3) is 2.58. The first-order valence-corrected chi connectivity index (χ1v) is 11.7. The molecule has 3 aromatic rings. The number of ether oxygens (including phenoxy) is 1. The van der Waals surface area contributed by atoms with Crippen LogP contribution < -0.4 is 4.90 Å².